The lowest BCUT2D eigenvalue weighted by atomic mass is 10.1. The van der Waals surface area contributed by atoms with Gasteiger partial charge in [-0.3, -0.25) is 24.5 Å². The second-order valence-corrected chi connectivity index (χ2v) is 10.9. The lowest BCUT2D eigenvalue weighted by Gasteiger charge is -2.17. The zero-order chi connectivity index (χ0) is 32.4. The van der Waals surface area contributed by atoms with Crippen molar-refractivity contribution in [3.05, 3.63) is 81.4 Å². The first-order valence-corrected chi connectivity index (χ1v) is 14.3. The largest absolute Gasteiger partial charge is 0.491 e. The van der Waals surface area contributed by atoms with E-state index in [9.17, 15) is 24.5 Å². The van der Waals surface area contributed by atoms with Gasteiger partial charge in [0.05, 0.1) is 36.1 Å². The molecule has 3 aromatic carbocycles. The molecule has 0 saturated carbocycles. The van der Waals surface area contributed by atoms with E-state index in [0.717, 1.165) is 0 Å². The number of primary amides is 1. The highest BCUT2D eigenvalue weighted by molar-refractivity contribution is 6.08. The van der Waals surface area contributed by atoms with Crippen molar-refractivity contribution in [3.8, 4) is 17.2 Å². The van der Waals surface area contributed by atoms with Crippen LogP contribution in [-0.4, -0.2) is 42.5 Å². The molecule has 0 fully saturated rings. The van der Waals surface area contributed by atoms with Gasteiger partial charge in [0.2, 0.25) is 5.91 Å². The molecule has 4 N–H and O–H groups in total. The van der Waals surface area contributed by atoms with E-state index in [0.29, 0.717) is 36.8 Å². The molecule has 3 amide bonds. The molecule has 0 bridgehead atoms. The Kier molecular flexibility index (Phi) is 11.7. The second-order valence-electron chi connectivity index (χ2n) is 10.9. The zero-order valence-corrected chi connectivity index (χ0v) is 25.5. The van der Waals surface area contributed by atoms with Gasteiger partial charge < -0.3 is 30.6 Å². The van der Waals surface area contributed by atoms with E-state index in [1.807, 2.05) is 34.6 Å². The molecule has 0 atom stereocenters. The quantitative estimate of drug-likeness (QED) is 0.138. The molecule has 0 saturated heterocycles. The number of carbonyl (C=O) groups is 3. The van der Waals surface area contributed by atoms with Gasteiger partial charge in [-0.05, 0) is 60.7 Å². The van der Waals surface area contributed by atoms with Gasteiger partial charge in [0.1, 0.15) is 11.5 Å². The Morgan fingerprint density at radius 2 is 1.20 bits per heavy atom. The van der Waals surface area contributed by atoms with Crippen molar-refractivity contribution in [2.45, 2.75) is 41.0 Å². The van der Waals surface area contributed by atoms with Crippen LogP contribution in [0, 0.1) is 22.0 Å². The Balaban J connectivity index is 1.89. The summed E-state index contributed by atoms with van der Waals surface area (Å²) in [6.07, 6.45) is 0.712. The number of nitrogens with two attached hydrogens (primary N) is 1. The number of nitrogens with one attached hydrogen (secondary N) is 2. The number of nitro groups is 1. The lowest BCUT2D eigenvalue weighted by molar-refractivity contribution is -0.385. The molecule has 234 valence electrons. The van der Waals surface area contributed by atoms with E-state index < -0.39 is 22.6 Å². The van der Waals surface area contributed by atoms with Crippen molar-refractivity contribution in [2.75, 3.05) is 30.5 Å². The second kappa shape index (κ2) is 15.4. The molecule has 0 aliphatic carbocycles. The third-order valence-electron chi connectivity index (χ3n) is 6.03. The first kappa shape index (κ1) is 33.4. The molecule has 0 heterocycles. The highest BCUT2D eigenvalue weighted by atomic mass is 16.6. The average molecular weight is 607 g/mol. The first-order valence-electron chi connectivity index (χ1n) is 14.3. The third kappa shape index (κ3) is 9.18. The minimum Gasteiger partial charge on any atom is -0.491 e. The molecule has 12 heteroatoms. The molecule has 0 aromatic heterocycles. The van der Waals surface area contributed by atoms with Crippen molar-refractivity contribution >= 4 is 34.8 Å². The Labute approximate surface area is 256 Å². The summed E-state index contributed by atoms with van der Waals surface area (Å²) < 4.78 is 17.3. The Morgan fingerprint density at radius 3 is 1.70 bits per heavy atom. The van der Waals surface area contributed by atoms with Crippen molar-refractivity contribution < 1.29 is 33.5 Å². The number of nitro benzene ring substituents is 1. The van der Waals surface area contributed by atoms with Crippen LogP contribution in [0.25, 0.3) is 0 Å². The van der Waals surface area contributed by atoms with Gasteiger partial charge >= 0.3 is 5.69 Å². The molecule has 0 aliphatic rings. The summed E-state index contributed by atoms with van der Waals surface area (Å²) in [5.74, 6) is -0.837. The Bertz CT molecular complexity index is 1520. The van der Waals surface area contributed by atoms with E-state index in [2.05, 4.69) is 10.6 Å². The van der Waals surface area contributed by atoms with E-state index in [4.69, 9.17) is 19.9 Å². The highest BCUT2D eigenvalue weighted by Crippen LogP contribution is 2.32. The number of hydrogen-bond acceptors (Lipinski definition) is 8. The maximum atomic E-state index is 13.3. The monoisotopic (exact) mass is 606 g/mol. The molecule has 0 radical (unpaired) electrons. The number of amides is 3. The van der Waals surface area contributed by atoms with Crippen LogP contribution in [0.3, 0.4) is 0 Å². The molecule has 0 aliphatic heterocycles. The lowest BCUT2D eigenvalue weighted by Crippen LogP contribution is -2.17. The van der Waals surface area contributed by atoms with E-state index in [-0.39, 0.29) is 52.3 Å². The van der Waals surface area contributed by atoms with Crippen LogP contribution in [0.1, 0.15) is 72.1 Å². The van der Waals surface area contributed by atoms with Crippen LogP contribution in [0.15, 0.2) is 54.6 Å². The van der Waals surface area contributed by atoms with Gasteiger partial charge in [-0.1, -0.05) is 34.6 Å². The number of hydrogen-bond donors (Lipinski definition) is 3. The molecule has 3 rings (SSSR count). The normalized spacial score (nSPS) is 10.8. The Hall–Kier alpha value is -5.13. The van der Waals surface area contributed by atoms with Crippen LogP contribution in [0.4, 0.5) is 17.1 Å². The van der Waals surface area contributed by atoms with Gasteiger partial charge in [-0.2, -0.15) is 0 Å². The number of anilines is 2. The first-order chi connectivity index (χ1) is 20.9. The van der Waals surface area contributed by atoms with Crippen LogP contribution in [-0.2, 0) is 0 Å². The van der Waals surface area contributed by atoms with Crippen molar-refractivity contribution in [1.82, 2.24) is 0 Å². The standard InChI is InChI=1S/C32H38N4O8/c1-6-13-42-27-14-21(30(33)37)7-10-24(27)34-31(38)22-8-11-25(28(15-22)43-17-19(2)3)35-32(39)23-9-12-26(36(40)41)29(16-23)44-18-20(4)5/h7-12,14-16,19-20H,6,13,17-18H2,1-5H3,(H2,33,37)(H,34,38)(H,35,39). The topological polar surface area (TPSA) is 172 Å². The minimum absolute atomic E-state index is 0.00852. The van der Waals surface area contributed by atoms with E-state index >= 15 is 0 Å². The van der Waals surface area contributed by atoms with Crippen molar-refractivity contribution in [3.63, 3.8) is 0 Å². The maximum absolute atomic E-state index is 13.3. The fourth-order valence-corrected chi connectivity index (χ4v) is 3.82. The van der Waals surface area contributed by atoms with Gasteiger partial charge in [0, 0.05) is 28.8 Å². The predicted octanol–water partition coefficient (Wildman–Crippen LogP) is 6.06. The Morgan fingerprint density at radius 1 is 0.750 bits per heavy atom. The van der Waals surface area contributed by atoms with E-state index in [1.54, 1.807) is 0 Å². The third-order valence-corrected chi connectivity index (χ3v) is 6.03. The molecule has 44 heavy (non-hydrogen) atoms. The summed E-state index contributed by atoms with van der Waals surface area (Å²) >= 11 is 0. The molecular weight excluding hydrogens is 568 g/mol. The predicted molar refractivity (Wildman–Crippen MR) is 167 cm³/mol. The summed E-state index contributed by atoms with van der Waals surface area (Å²) in [7, 11) is 0. The van der Waals surface area contributed by atoms with Crippen LogP contribution >= 0.6 is 0 Å². The molecule has 0 unspecified atom stereocenters. The maximum Gasteiger partial charge on any atom is 0.310 e. The smallest absolute Gasteiger partial charge is 0.310 e. The summed E-state index contributed by atoms with van der Waals surface area (Å²) in [5, 5.41) is 17.0. The highest BCUT2D eigenvalue weighted by Gasteiger charge is 2.21. The molecule has 0 spiro atoms. The van der Waals surface area contributed by atoms with Gasteiger partial charge in [-0.25, -0.2) is 0 Å². The van der Waals surface area contributed by atoms with Crippen molar-refractivity contribution in [1.29, 1.82) is 0 Å². The zero-order valence-electron chi connectivity index (χ0n) is 25.5. The van der Waals surface area contributed by atoms with Gasteiger partial charge in [0.25, 0.3) is 11.8 Å². The van der Waals surface area contributed by atoms with Crippen LogP contribution < -0.4 is 30.6 Å². The molecule has 12 nitrogen and oxygen atoms in total. The van der Waals surface area contributed by atoms with Crippen molar-refractivity contribution in [2.24, 2.45) is 17.6 Å². The number of rotatable bonds is 15. The van der Waals surface area contributed by atoms with Crippen LogP contribution in [0.2, 0.25) is 0 Å². The van der Waals surface area contributed by atoms with Gasteiger partial charge in [-0.15, -0.1) is 0 Å². The van der Waals surface area contributed by atoms with Gasteiger partial charge in [0.15, 0.2) is 5.75 Å². The molecule has 3 aromatic rings. The summed E-state index contributed by atoms with van der Waals surface area (Å²) in [5.41, 5.74) is 6.42. The summed E-state index contributed by atoms with van der Waals surface area (Å²) in [6, 6.07) is 13.0. The number of nitrogens with zero attached hydrogens (tertiary/aromatic N) is 1. The number of benzene rings is 3. The van der Waals surface area contributed by atoms with E-state index in [1.165, 1.54) is 54.6 Å². The fourth-order valence-electron chi connectivity index (χ4n) is 3.82. The molecular formula is C32H38N4O8. The number of carbonyl (C=O) groups excluding carboxylic acids is 3. The fraction of sp³-hybridized carbons (Fsp3) is 0.344. The summed E-state index contributed by atoms with van der Waals surface area (Å²) in [6.45, 7) is 10.6. The average Bonchev–Trinajstić information content (AvgIpc) is 2.98. The SMILES string of the molecule is CCCOc1cc(C(N)=O)ccc1NC(=O)c1ccc(NC(=O)c2ccc([N+](=O)[O-])c(OCC(C)C)c2)c(OCC(C)C)c1. The minimum atomic E-state index is -0.623. The summed E-state index contributed by atoms with van der Waals surface area (Å²) in [4.78, 5) is 49.0. The van der Waals surface area contributed by atoms with Crippen LogP contribution in [0.5, 0.6) is 17.2 Å². The number of ether oxygens (including phenoxy) is 3.